The third kappa shape index (κ3) is 3.46. The largest absolute Gasteiger partial charge is 0.482 e. The van der Waals surface area contributed by atoms with Gasteiger partial charge >= 0.3 is 0 Å². The summed E-state index contributed by atoms with van der Waals surface area (Å²) in [5.41, 5.74) is 1.68. The van der Waals surface area contributed by atoms with Gasteiger partial charge < -0.3 is 9.64 Å². The first-order valence-electron chi connectivity index (χ1n) is 9.84. The van der Waals surface area contributed by atoms with Crippen molar-refractivity contribution in [1.29, 1.82) is 0 Å². The first-order valence-corrected chi connectivity index (χ1v) is 10.7. The van der Waals surface area contributed by atoms with Gasteiger partial charge in [-0.25, -0.2) is 4.98 Å². The van der Waals surface area contributed by atoms with Gasteiger partial charge in [0, 0.05) is 19.0 Å². The predicted octanol–water partition coefficient (Wildman–Crippen LogP) is 3.43. The van der Waals surface area contributed by atoms with E-state index in [0.29, 0.717) is 18.0 Å². The number of hydrogen-bond donors (Lipinski definition) is 0. The number of carbonyl (C=O) groups excluding carboxylic acids is 2. The van der Waals surface area contributed by atoms with Crippen molar-refractivity contribution in [1.82, 2.24) is 9.88 Å². The fourth-order valence-corrected chi connectivity index (χ4v) is 5.13. The van der Waals surface area contributed by atoms with Crippen LogP contribution < -0.4 is 9.64 Å². The van der Waals surface area contributed by atoms with Gasteiger partial charge in [-0.05, 0) is 37.1 Å². The number of amides is 2. The summed E-state index contributed by atoms with van der Waals surface area (Å²) >= 11 is 1.71. The summed E-state index contributed by atoms with van der Waals surface area (Å²) in [5.74, 6) is 0.682. The maximum atomic E-state index is 13.0. The summed E-state index contributed by atoms with van der Waals surface area (Å²) in [6, 6.07) is 15.5. The number of rotatable bonds is 3. The molecule has 2 aliphatic heterocycles. The number of para-hydroxylation sites is 3. The van der Waals surface area contributed by atoms with Crippen LogP contribution in [0.4, 0.5) is 5.69 Å². The van der Waals surface area contributed by atoms with Crippen molar-refractivity contribution in [3.8, 4) is 5.75 Å². The molecule has 2 aromatic carbocycles. The highest BCUT2D eigenvalue weighted by Gasteiger charge is 2.31. The van der Waals surface area contributed by atoms with Gasteiger partial charge in [0.05, 0.1) is 20.9 Å². The zero-order valence-corrected chi connectivity index (χ0v) is 16.7. The summed E-state index contributed by atoms with van der Waals surface area (Å²) in [5, 5.41) is 1.09. The molecule has 0 saturated carbocycles. The molecule has 0 aliphatic carbocycles. The van der Waals surface area contributed by atoms with Gasteiger partial charge in [0.25, 0.3) is 5.91 Å². The van der Waals surface area contributed by atoms with Gasteiger partial charge in [0.15, 0.2) is 6.61 Å². The molecule has 1 atom stereocenters. The monoisotopic (exact) mass is 407 g/mol. The Kier molecular flexibility index (Phi) is 4.67. The summed E-state index contributed by atoms with van der Waals surface area (Å²) in [6.45, 7) is 1.39. The third-order valence-electron chi connectivity index (χ3n) is 5.54. The average Bonchev–Trinajstić information content (AvgIpc) is 3.20. The van der Waals surface area contributed by atoms with E-state index in [0.717, 1.165) is 29.9 Å². The lowest BCUT2D eigenvalue weighted by molar-refractivity contribution is -0.133. The molecule has 29 heavy (non-hydrogen) atoms. The van der Waals surface area contributed by atoms with Crippen LogP contribution in [0, 0.1) is 0 Å². The van der Waals surface area contributed by atoms with Gasteiger partial charge in [-0.3, -0.25) is 14.5 Å². The molecule has 0 unspecified atom stereocenters. The quantitative estimate of drug-likeness (QED) is 0.667. The van der Waals surface area contributed by atoms with E-state index in [2.05, 4.69) is 6.07 Å². The third-order valence-corrected chi connectivity index (χ3v) is 6.73. The lowest BCUT2D eigenvalue weighted by Gasteiger charge is -2.35. The van der Waals surface area contributed by atoms with Crippen LogP contribution in [-0.2, 0) is 9.59 Å². The molecule has 148 valence electrons. The van der Waals surface area contributed by atoms with Crippen molar-refractivity contribution in [2.24, 2.45) is 0 Å². The minimum absolute atomic E-state index is 0.0270. The molecule has 7 heteroatoms. The highest BCUT2D eigenvalue weighted by molar-refractivity contribution is 7.18. The number of benzene rings is 2. The number of piperidine rings is 1. The van der Waals surface area contributed by atoms with Crippen LogP contribution in [0.3, 0.4) is 0 Å². The molecule has 0 spiro atoms. The van der Waals surface area contributed by atoms with E-state index < -0.39 is 0 Å². The van der Waals surface area contributed by atoms with Crippen LogP contribution in [0.5, 0.6) is 5.75 Å². The maximum absolute atomic E-state index is 13.0. The number of anilines is 1. The number of nitrogens with zero attached hydrogens (tertiary/aromatic N) is 3. The van der Waals surface area contributed by atoms with Gasteiger partial charge in [0.1, 0.15) is 12.3 Å². The van der Waals surface area contributed by atoms with Crippen molar-refractivity contribution < 1.29 is 14.3 Å². The van der Waals surface area contributed by atoms with Crippen molar-refractivity contribution in [3.05, 3.63) is 53.5 Å². The highest BCUT2D eigenvalue weighted by atomic mass is 32.1. The van der Waals surface area contributed by atoms with Crippen LogP contribution in [-0.4, -0.2) is 47.9 Å². The second kappa shape index (κ2) is 7.48. The van der Waals surface area contributed by atoms with Crippen LogP contribution in [0.1, 0.15) is 23.8 Å². The minimum Gasteiger partial charge on any atom is -0.482 e. The smallest absolute Gasteiger partial charge is 0.265 e. The molecule has 2 amide bonds. The van der Waals surface area contributed by atoms with Crippen LogP contribution in [0.2, 0.25) is 0 Å². The zero-order valence-electron chi connectivity index (χ0n) is 15.9. The Morgan fingerprint density at radius 1 is 1.17 bits per heavy atom. The van der Waals surface area contributed by atoms with Gasteiger partial charge in [-0.15, -0.1) is 11.3 Å². The molecule has 1 aromatic heterocycles. The van der Waals surface area contributed by atoms with Gasteiger partial charge in [-0.1, -0.05) is 24.3 Å². The van der Waals surface area contributed by atoms with E-state index in [1.807, 2.05) is 47.4 Å². The number of fused-ring (bicyclic) bond motifs is 2. The Bertz CT molecular complexity index is 1050. The Balaban J connectivity index is 1.32. The summed E-state index contributed by atoms with van der Waals surface area (Å²) in [6.07, 6.45) is 1.98. The van der Waals surface area contributed by atoms with Gasteiger partial charge in [0.2, 0.25) is 5.91 Å². The molecule has 5 rings (SSSR count). The molecular weight excluding hydrogens is 386 g/mol. The highest BCUT2D eigenvalue weighted by Crippen LogP contribution is 2.34. The topological polar surface area (TPSA) is 62.7 Å². The molecule has 0 bridgehead atoms. The number of thiazole rings is 1. The molecule has 1 saturated heterocycles. The normalized spacial score (nSPS) is 19.2. The maximum Gasteiger partial charge on any atom is 0.265 e. The van der Waals surface area contributed by atoms with E-state index in [9.17, 15) is 9.59 Å². The van der Waals surface area contributed by atoms with E-state index in [4.69, 9.17) is 9.72 Å². The SMILES string of the molecule is O=C(CN1C(=O)COc2ccccc21)N1CCC[C@H](c2nc3ccccc3s2)C1. The lowest BCUT2D eigenvalue weighted by Crippen LogP contribution is -2.48. The Labute approximate surface area is 172 Å². The zero-order chi connectivity index (χ0) is 19.8. The van der Waals surface area contributed by atoms with E-state index >= 15 is 0 Å². The first-order chi connectivity index (χ1) is 14.2. The number of likely N-dealkylation sites (tertiary alicyclic amines) is 1. The van der Waals surface area contributed by atoms with Crippen molar-refractivity contribution >= 4 is 39.1 Å². The average molecular weight is 407 g/mol. The molecule has 3 aromatic rings. The minimum atomic E-state index is -0.184. The standard InChI is InChI=1S/C22H21N3O3S/c26-20(13-25-17-8-2-3-9-18(17)28-14-21(25)27)24-11-5-6-15(12-24)22-23-16-7-1-4-10-19(16)29-22/h1-4,7-10,15H,5-6,11-14H2/t15-/m0/s1. The fourth-order valence-electron chi connectivity index (χ4n) is 4.03. The van der Waals surface area contributed by atoms with E-state index in [-0.39, 0.29) is 30.9 Å². The van der Waals surface area contributed by atoms with E-state index in [1.54, 1.807) is 16.2 Å². The Morgan fingerprint density at radius 2 is 2.00 bits per heavy atom. The number of ether oxygens (including phenoxy) is 1. The second-order valence-corrected chi connectivity index (χ2v) is 8.50. The number of aromatic nitrogens is 1. The summed E-state index contributed by atoms with van der Waals surface area (Å²) in [7, 11) is 0. The van der Waals surface area contributed by atoms with Gasteiger partial charge in [-0.2, -0.15) is 0 Å². The molecule has 0 radical (unpaired) electrons. The second-order valence-electron chi connectivity index (χ2n) is 7.44. The Morgan fingerprint density at radius 3 is 2.90 bits per heavy atom. The fraction of sp³-hybridized carbons (Fsp3) is 0.318. The Hall–Kier alpha value is -2.93. The number of hydrogen-bond acceptors (Lipinski definition) is 5. The van der Waals surface area contributed by atoms with Crippen LogP contribution in [0.15, 0.2) is 48.5 Å². The molecule has 3 heterocycles. The van der Waals surface area contributed by atoms with E-state index in [1.165, 1.54) is 4.70 Å². The van der Waals surface area contributed by atoms with Crippen LogP contribution >= 0.6 is 11.3 Å². The molecule has 0 N–H and O–H groups in total. The molecule has 2 aliphatic rings. The molecule has 6 nitrogen and oxygen atoms in total. The van der Waals surface area contributed by atoms with Crippen molar-refractivity contribution in [3.63, 3.8) is 0 Å². The molecular formula is C22H21N3O3S. The van der Waals surface area contributed by atoms with Crippen LogP contribution in [0.25, 0.3) is 10.2 Å². The summed E-state index contributed by atoms with van der Waals surface area (Å²) < 4.78 is 6.66. The number of carbonyl (C=O) groups is 2. The van der Waals surface area contributed by atoms with Crippen molar-refractivity contribution in [2.75, 3.05) is 31.1 Å². The predicted molar refractivity (Wildman–Crippen MR) is 112 cm³/mol. The first kappa shape index (κ1) is 18.1. The van der Waals surface area contributed by atoms with Crippen molar-refractivity contribution in [2.45, 2.75) is 18.8 Å². The summed E-state index contributed by atoms with van der Waals surface area (Å²) in [4.78, 5) is 33.6. The molecule has 1 fully saturated rings. The lowest BCUT2D eigenvalue weighted by atomic mass is 9.98.